The number of esters is 1. The van der Waals surface area contributed by atoms with Gasteiger partial charge in [0.1, 0.15) is 23.0 Å². The molecule has 0 saturated heterocycles. The molecule has 1 atom stereocenters. The SMILES string of the molecule is O=C(OC1CCCc2ccc(Br)cc21)c1cc(F)cc2n[nH]nc12. The highest BCUT2D eigenvalue weighted by Gasteiger charge is 2.26. The molecule has 0 spiro atoms. The fraction of sp³-hybridized carbons (Fsp3) is 0.235. The highest BCUT2D eigenvalue weighted by molar-refractivity contribution is 9.10. The Hall–Kier alpha value is -2.28. The number of aromatic nitrogens is 3. The molecule has 0 bridgehead atoms. The molecule has 1 aromatic heterocycles. The minimum absolute atomic E-state index is 0.0841. The van der Waals surface area contributed by atoms with Gasteiger partial charge in [-0.05, 0) is 48.6 Å². The Bertz CT molecular complexity index is 941. The maximum atomic E-state index is 13.7. The quantitative estimate of drug-likeness (QED) is 0.670. The second-order valence-corrected chi connectivity index (χ2v) is 6.69. The Morgan fingerprint density at radius 2 is 2.17 bits per heavy atom. The molecule has 1 heterocycles. The van der Waals surface area contributed by atoms with Crippen molar-refractivity contribution in [2.45, 2.75) is 25.4 Å². The van der Waals surface area contributed by atoms with Gasteiger partial charge in [-0.25, -0.2) is 9.18 Å². The summed E-state index contributed by atoms with van der Waals surface area (Å²) in [5, 5.41) is 10.2. The first-order chi connectivity index (χ1) is 11.6. The van der Waals surface area contributed by atoms with Gasteiger partial charge in [-0.2, -0.15) is 15.4 Å². The van der Waals surface area contributed by atoms with E-state index in [0.29, 0.717) is 11.0 Å². The van der Waals surface area contributed by atoms with Crippen LogP contribution in [0.3, 0.4) is 0 Å². The Morgan fingerprint density at radius 3 is 3.04 bits per heavy atom. The maximum Gasteiger partial charge on any atom is 0.341 e. The second-order valence-electron chi connectivity index (χ2n) is 5.77. The van der Waals surface area contributed by atoms with Gasteiger partial charge < -0.3 is 4.74 Å². The van der Waals surface area contributed by atoms with Crippen LogP contribution in [0.5, 0.6) is 0 Å². The van der Waals surface area contributed by atoms with Crippen molar-refractivity contribution in [3.8, 4) is 0 Å². The third kappa shape index (κ3) is 2.69. The molecule has 5 nitrogen and oxygen atoms in total. The van der Waals surface area contributed by atoms with E-state index in [1.807, 2.05) is 18.2 Å². The molecule has 2 aromatic carbocycles. The molecule has 1 unspecified atom stereocenters. The summed E-state index contributed by atoms with van der Waals surface area (Å²) in [7, 11) is 0. The predicted octanol–water partition coefficient (Wildman–Crippen LogP) is 4.09. The van der Waals surface area contributed by atoms with Crippen molar-refractivity contribution in [2.24, 2.45) is 0 Å². The smallest absolute Gasteiger partial charge is 0.341 e. The molecule has 1 N–H and O–H groups in total. The number of nitrogens with one attached hydrogen (secondary N) is 1. The fourth-order valence-electron chi connectivity index (χ4n) is 3.11. The van der Waals surface area contributed by atoms with Crippen molar-refractivity contribution in [1.29, 1.82) is 0 Å². The molecule has 24 heavy (non-hydrogen) atoms. The monoisotopic (exact) mass is 389 g/mol. The Morgan fingerprint density at radius 1 is 1.29 bits per heavy atom. The third-order valence-corrected chi connectivity index (χ3v) is 4.72. The van der Waals surface area contributed by atoms with E-state index in [2.05, 4.69) is 31.3 Å². The van der Waals surface area contributed by atoms with Gasteiger partial charge in [0.2, 0.25) is 0 Å². The van der Waals surface area contributed by atoms with Crippen LogP contribution >= 0.6 is 15.9 Å². The summed E-state index contributed by atoms with van der Waals surface area (Å²) >= 11 is 3.45. The zero-order chi connectivity index (χ0) is 16.7. The third-order valence-electron chi connectivity index (χ3n) is 4.22. The number of carbonyl (C=O) groups excluding carboxylic acids is 1. The van der Waals surface area contributed by atoms with Crippen molar-refractivity contribution >= 4 is 32.9 Å². The average Bonchev–Trinajstić information content (AvgIpc) is 3.02. The van der Waals surface area contributed by atoms with Crippen molar-refractivity contribution in [2.75, 3.05) is 0 Å². The number of rotatable bonds is 2. The molecule has 0 fully saturated rings. The molecule has 4 rings (SSSR count). The van der Waals surface area contributed by atoms with Crippen LogP contribution < -0.4 is 0 Å². The van der Waals surface area contributed by atoms with Gasteiger partial charge in [-0.15, -0.1) is 0 Å². The van der Waals surface area contributed by atoms with Gasteiger partial charge >= 0.3 is 5.97 Å². The van der Waals surface area contributed by atoms with E-state index >= 15 is 0 Å². The number of hydrogen-bond donors (Lipinski definition) is 1. The highest BCUT2D eigenvalue weighted by atomic mass is 79.9. The van der Waals surface area contributed by atoms with Gasteiger partial charge in [0, 0.05) is 10.5 Å². The number of halogens is 2. The summed E-state index contributed by atoms with van der Waals surface area (Å²) < 4.78 is 20.3. The first-order valence-electron chi connectivity index (χ1n) is 7.61. The van der Waals surface area contributed by atoms with Crippen molar-refractivity contribution in [3.63, 3.8) is 0 Å². The number of fused-ring (bicyclic) bond motifs is 2. The number of benzene rings is 2. The molecule has 1 aliphatic rings. The van der Waals surface area contributed by atoms with Crippen LogP contribution in [-0.2, 0) is 11.2 Å². The fourth-order valence-corrected chi connectivity index (χ4v) is 3.49. The van der Waals surface area contributed by atoms with Crippen LogP contribution in [0.4, 0.5) is 4.39 Å². The van der Waals surface area contributed by atoms with E-state index in [0.717, 1.165) is 35.4 Å². The van der Waals surface area contributed by atoms with E-state index in [1.54, 1.807) is 0 Å². The lowest BCUT2D eigenvalue weighted by atomic mass is 9.89. The van der Waals surface area contributed by atoms with E-state index in [9.17, 15) is 9.18 Å². The summed E-state index contributed by atoms with van der Waals surface area (Å²) in [5.41, 5.74) is 2.87. The van der Waals surface area contributed by atoms with Crippen LogP contribution in [0.25, 0.3) is 11.0 Å². The first-order valence-corrected chi connectivity index (χ1v) is 8.40. The lowest BCUT2D eigenvalue weighted by Gasteiger charge is -2.25. The van der Waals surface area contributed by atoms with Crippen LogP contribution in [0.2, 0.25) is 0 Å². The number of aryl methyl sites for hydroxylation is 1. The number of nitrogens with zero attached hydrogens (tertiary/aromatic N) is 2. The number of H-pyrrole nitrogens is 1. The average molecular weight is 390 g/mol. The minimum atomic E-state index is -0.591. The summed E-state index contributed by atoms with van der Waals surface area (Å²) in [6.45, 7) is 0. The summed E-state index contributed by atoms with van der Waals surface area (Å²) in [6.07, 6.45) is 2.30. The normalized spacial score (nSPS) is 16.8. The number of aromatic amines is 1. The minimum Gasteiger partial charge on any atom is -0.454 e. The molecular formula is C17H13BrFN3O2. The topological polar surface area (TPSA) is 67.9 Å². The van der Waals surface area contributed by atoms with E-state index in [-0.39, 0.29) is 11.7 Å². The number of carbonyl (C=O) groups is 1. The van der Waals surface area contributed by atoms with Crippen LogP contribution in [0, 0.1) is 5.82 Å². The van der Waals surface area contributed by atoms with Crippen molar-refractivity contribution in [1.82, 2.24) is 15.4 Å². The Kier molecular flexibility index (Phi) is 3.80. The second kappa shape index (κ2) is 5.98. The lowest BCUT2D eigenvalue weighted by Crippen LogP contribution is -2.17. The largest absolute Gasteiger partial charge is 0.454 e. The first kappa shape index (κ1) is 15.3. The van der Waals surface area contributed by atoms with Crippen LogP contribution in [-0.4, -0.2) is 21.4 Å². The van der Waals surface area contributed by atoms with Gasteiger partial charge in [0.15, 0.2) is 0 Å². The summed E-state index contributed by atoms with van der Waals surface area (Å²) in [5.74, 6) is -1.14. The zero-order valence-corrected chi connectivity index (χ0v) is 14.1. The van der Waals surface area contributed by atoms with Gasteiger partial charge in [-0.3, -0.25) is 0 Å². The molecule has 0 amide bonds. The molecule has 3 aromatic rings. The van der Waals surface area contributed by atoms with Crippen LogP contribution in [0.1, 0.15) is 40.4 Å². The summed E-state index contributed by atoms with van der Waals surface area (Å²) in [6, 6.07) is 8.36. The zero-order valence-electron chi connectivity index (χ0n) is 12.6. The molecule has 7 heteroatoms. The van der Waals surface area contributed by atoms with Gasteiger partial charge in [-0.1, -0.05) is 22.0 Å². The van der Waals surface area contributed by atoms with E-state index in [4.69, 9.17) is 4.74 Å². The Labute approximate surface area is 145 Å². The molecule has 0 radical (unpaired) electrons. The summed E-state index contributed by atoms with van der Waals surface area (Å²) in [4.78, 5) is 12.6. The van der Waals surface area contributed by atoms with Gasteiger partial charge in [0.25, 0.3) is 0 Å². The standard InChI is InChI=1S/C17H13BrFN3O2/c18-10-5-4-9-2-1-3-15(12(9)6-10)24-17(23)13-7-11(19)8-14-16(13)21-22-20-14/h4-8,15H,1-3H2,(H,20,21,22). The molecule has 1 aliphatic carbocycles. The highest BCUT2D eigenvalue weighted by Crippen LogP contribution is 2.35. The van der Waals surface area contributed by atoms with Crippen molar-refractivity contribution in [3.05, 3.63) is 57.3 Å². The number of hydrogen-bond acceptors (Lipinski definition) is 4. The van der Waals surface area contributed by atoms with E-state index < -0.39 is 11.8 Å². The molecule has 122 valence electrons. The van der Waals surface area contributed by atoms with Crippen molar-refractivity contribution < 1.29 is 13.9 Å². The predicted molar refractivity (Wildman–Crippen MR) is 89.1 cm³/mol. The molecule has 0 aliphatic heterocycles. The molecule has 0 saturated carbocycles. The molecular weight excluding hydrogens is 377 g/mol. The Balaban J connectivity index is 1.68. The van der Waals surface area contributed by atoms with Gasteiger partial charge in [0.05, 0.1) is 5.56 Å². The maximum absolute atomic E-state index is 13.7. The van der Waals surface area contributed by atoms with Crippen LogP contribution in [0.15, 0.2) is 34.8 Å². The number of ether oxygens (including phenoxy) is 1. The van der Waals surface area contributed by atoms with E-state index in [1.165, 1.54) is 11.6 Å². The lowest BCUT2D eigenvalue weighted by molar-refractivity contribution is 0.0258.